The van der Waals surface area contributed by atoms with E-state index >= 15 is 0 Å². The number of aliphatic carboxylic acids is 1. The van der Waals surface area contributed by atoms with Crippen molar-refractivity contribution in [2.45, 2.75) is 23.9 Å². The molecule has 0 aromatic heterocycles. The van der Waals surface area contributed by atoms with Crippen LogP contribution in [0.15, 0.2) is 29.2 Å². The van der Waals surface area contributed by atoms with Crippen molar-refractivity contribution in [2.24, 2.45) is 0 Å². The Balaban J connectivity index is 2.38. The number of halogens is 3. The van der Waals surface area contributed by atoms with E-state index in [4.69, 9.17) is 5.11 Å². The Morgan fingerprint density at radius 2 is 2.00 bits per heavy atom. The molecular weight excluding hydrogens is 307 g/mol. The number of rotatable bonds is 7. The van der Waals surface area contributed by atoms with Gasteiger partial charge in [0, 0.05) is 17.9 Å². The molecule has 0 atom stereocenters. The minimum atomic E-state index is -4.41. The second-order valence-electron chi connectivity index (χ2n) is 4.16. The fourth-order valence-electron chi connectivity index (χ4n) is 1.43. The molecule has 0 bridgehead atoms. The van der Waals surface area contributed by atoms with E-state index in [9.17, 15) is 22.8 Å². The van der Waals surface area contributed by atoms with Crippen molar-refractivity contribution in [1.29, 1.82) is 0 Å². The normalized spacial score (nSPS) is 11.2. The number of alkyl halides is 3. The smallest absolute Gasteiger partial charge is 0.416 e. The standard InChI is InChI=1S/C13H14F3NO3S/c14-13(15,16)9-3-1-4-10(7-9)21-8-11(18)17-6-2-5-12(19)20/h1,3-4,7H,2,5-6,8H2,(H,17,18)(H,19,20). The van der Waals surface area contributed by atoms with Crippen LogP contribution in [0, 0.1) is 0 Å². The Hall–Kier alpha value is -1.70. The van der Waals surface area contributed by atoms with Gasteiger partial charge in [-0.25, -0.2) is 0 Å². The van der Waals surface area contributed by atoms with Crippen LogP contribution >= 0.6 is 11.8 Å². The van der Waals surface area contributed by atoms with E-state index in [1.165, 1.54) is 12.1 Å². The highest BCUT2D eigenvalue weighted by Gasteiger charge is 2.30. The van der Waals surface area contributed by atoms with Crippen LogP contribution in [-0.4, -0.2) is 29.3 Å². The number of carboxylic acids is 1. The average molecular weight is 321 g/mol. The predicted molar refractivity (Wildman–Crippen MR) is 72.0 cm³/mol. The summed E-state index contributed by atoms with van der Waals surface area (Å²) < 4.78 is 37.5. The van der Waals surface area contributed by atoms with Crippen molar-refractivity contribution >= 4 is 23.6 Å². The fourth-order valence-corrected chi connectivity index (χ4v) is 2.21. The number of benzene rings is 1. The van der Waals surface area contributed by atoms with E-state index in [1.54, 1.807) is 0 Å². The number of hydrogen-bond donors (Lipinski definition) is 2. The van der Waals surface area contributed by atoms with E-state index in [-0.39, 0.29) is 24.6 Å². The lowest BCUT2D eigenvalue weighted by Gasteiger charge is -2.08. The van der Waals surface area contributed by atoms with Crippen LogP contribution in [0.3, 0.4) is 0 Å². The third kappa shape index (κ3) is 7.03. The Labute approximate surface area is 123 Å². The Bertz CT molecular complexity index is 506. The Morgan fingerprint density at radius 3 is 2.62 bits per heavy atom. The number of thioether (sulfide) groups is 1. The van der Waals surface area contributed by atoms with Crippen LogP contribution in [0.2, 0.25) is 0 Å². The summed E-state index contributed by atoms with van der Waals surface area (Å²) in [5, 5.41) is 10.9. The highest BCUT2D eigenvalue weighted by atomic mass is 32.2. The maximum atomic E-state index is 12.5. The summed E-state index contributed by atoms with van der Waals surface area (Å²) >= 11 is 0.995. The van der Waals surface area contributed by atoms with Gasteiger partial charge in [-0.1, -0.05) is 6.07 Å². The molecule has 1 aromatic carbocycles. The fraction of sp³-hybridized carbons (Fsp3) is 0.385. The maximum absolute atomic E-state index is 12.5. The molecule has 0 saturated heterocycles. The summed E-state index contributed by atoms with van der Waals surface area (Å²) in [6.07, 6.45) is -4.13. The summed E-state index contributed by atoms with van der Waals surface area (Å²) in [6.45, 7) is 0.230. The van der Waals surface area contributed by atoms with Gasteiger partial charge in [0.15, 0.2) is 0 Å². The molecule has 0 spiro atoms. The largest absolute Gasteiger partial charge is 0.481 e. The first-order valence-electron chi connectivity index (χ1n) is 6.07. The minimum absolute atomic E-state index is 0.0195. The van der Waals surface area contributed by atoms with Gasteiger partial charge in [0.2, 0.25) is 5.91 Å². The van der Waals surface area contributed by atoms with Gasteiger partial charge >= 0.3 is 12.1 Å². The van der Waals surface area contributed by atoms with E-state index < -0.39 is 17.7 Å². The van der Waals surface area contributed by atoms with Crippen LogP contribution < -0.4 is 5.32 Å². The van der Waals surface area contributed by atoms with Crippen LogP contribution in [0.25, 0.3) is 0 Å². The van der Waals surface area contributed by atoms with Crippen molar-refractivity contribution in [1.82, 2.24) is 5.32 Å². The molecule has 116 valence electrons. The third-order valence-corrected chi connectivity index (χ3v) is 3.41. The molecule has 1 aromatic rings. The molecule has 0 heterocycles. The van der Waals surface area contributed by atoms with Gasteiger partial charge < -0.3 is 10.4 Å². The van der Waals surface area contributed by atoms with Crippen LogP contribution in [0.5, 0.6) is 0 Å². The molecule has 0 saturated carbocycles. The van der Waals surface area contributed by atoms with E-state index in [0.29, 0.717) is 11.3 Å². The molecule has 0 unspecified atom stereocenters. The summed E-state index contributed by atoms with van der Waals surface area (Å²) in [6, 6.07) is 4.74. The molecule has 8 heteroatoms. The van der Waals surface area contributed by atoms with E-state index in [2.05, 4.69) is 5.32 Å². The lowest BCUT2D eigenvalue weighted by Crippen LogP contribution is -2.26. The highest BCUT2D eigenvalue weighted by Crippen LogP contribution is 2.31. The lowest BCUT2D eigenvalue weighted by atomic mass is 10.2. The average Bonchev–Trinajstić information content (AvgIpc) is 2.40. The summed E-state index contributed by atoms with van der Waals surface area (Å²) in [7, 11) is 0. The van der Waals surface area contributed by atoms with Gasteiger partial charge in [0.1, 0.15) is 0 Å². The second-order valence-corrected chi connectivity index (χ2v) is 5.21. The zero-order valence-corrected chi connectivity index (χ0v) is 11.8. The first-order valence-corrected chi connectivity index (χ1v) is 7.06. The summed E-state index contributed by atoms with van der Waals surface area (Å²) in [5.74, 6) is -1.31. The number of carbonyl (C=O) groups is 2. The lowest BCUT2D eigenvalue weighted by molar-refractivity contribution is -0.138. The first-order chi connectivity index (χ1) is 9.79. The zero-order chi connectivity index (χ0) is 15.9. The quantitative estimate of drug-likeness (QED) is 0.599. The Morgan fingerprint density at radius 1 is 1.29 bits per heavy atom. The number of carboxylic acid groups (broad SMARTS) is 1. The molecule has 0 aliphatic carbocycles. The van der Waals surface area contributed by atoms with Crippen LogP contribution in [0.4, 0.5) is 13.2 Å². The predicted octanol–water partition coefficient (Wildman–Crippen LogP) is 2.78. The van der Waals surface area contributed by atoms with Crippen LogP contribution in [0.1, 0.15) is 18.4 Å². The third-order valence-electron chi connectivity index (χ3n) is 2.42. The summed E-state index contributed by atoms with van der Waals surface area (Å²) in [4.78, 5) is 22.1. The number of hydrogen-bond acceptors (Lipinski definition) is 3. The van der Waals surface area contributed by atoms with E-state index in [0.717, 1.165) is 23.9 Å². The monoisotopic (exact) mass is 321 g/mol. The molecule has 1 rings (SSSR count). The van der Waals surface area contributed by atoms with Crippen molar-refractivity contribution in [3.05, 3.63) is 29.8 Å². The molecule has 0 aliphatic rings. The molecule has 0 fully saturated rings. The maximum Gasteiger partial charge on any atom is 0.416 e. The first kappa shape index (κ1) is 17.4. The number of amides is 1. The van der Waals surface area contributed by atoms with E-state index in [1.807, 2.05) is 0 Å². The van der Waals surface area contributed by atoms with Gasteiger partial charge in [-0.3, -0.25) is 9.59 Å². The molecule has 2 N–H and O–H groups in total. The molecule has 0 aliphatic heterocycles. The Kier molecular flexibility index (Phi) is 6.54. The molecule has 1 amide bonds. The topological polar surface area (TPSA) is 66.4 Å². The second kappa shape index (κ2) is 7.92. The highest BCUT2D eigenvalue weighted by molar-refractivity contribution is 8.00. The van der Waals surface area contributed by atoms with Crippen molar-refractivity contribution in [3.8, 4) is 0 Å². The molecule has 4 nitrogen and oxygen atoms in total. The summed E-state index contributed by atoms with van der Waals surface area (Å²) in [5.41, 5.74) is -0.755. The van der Waals surface area contributed by atoms with Crippen molar-refractivity contribution in [3.63, 3.8) is 0 Å². The van der Waals surface area contributed by atoms with Gasteiger partial charge in [-0.2, -0.15) is 13.2 Å². The van der Waals surface area contributed by atoms with Crippen molar-refractivity contribution in [2.75, 3.05) is 12.3 Å². The van der Waals surface area contributed by atoms with Gasteiger partial charge in [0.25, 0.3) is 0 Å². The van der Waals surface area contributed by atoms with Crippen LogP contribution in [-0.2, 0) is 15.8 Å². The SMILES string of the molecule is O=C(O)CCCNC(=O)CSc1cccc(C(F)(F)F)c1. The number of nitrogens with one attached hydrogen (secondary N) is 1. The van der Waals surface area contributed by atoms with Gasteiger partial charge in [-0.05, 0) is 24.6 Å². The molecule has 21 heavy (non-hydrogen) atoms. The van der Waals surface area contributed by atoms with Gasteiger partial charge in [-0.15, -0.1) is 11.8 Å². The molecule has 0 radical (unpaired) electrons. The van der Waals surface area contributed by atoms with Crippen molar-refractivity contribution < 1.29 is 27.9 Å². The molecular formula is C13H14F3NO3S. The number of carbonyl (C=O) groups excluding carboxylic acids is 1. The van der Waals surface area contributed by atoms with Gasteiger partial charge in [0.05, 0.1) is 11.3 Å². The minimum Gasteiger partial charge on any atom is -0.481 e. The zero-order valence-electron chi connectivity index (χ0n) is 10.9.